The molecule has 3 N–H and O–H groups in total. The molecular formula is C28H38O7. The summed E-state index contributed by atoms with van der Waals surface area (Å²) >= 11 is 0. The van der Waals surface area contributed by atoms with Crippen molar-refractivity contribution in [2.24, 2.45) is 17.3 Å². The monoisotopic (exact) mass is 486 g/mol. The van der Waals surface area contributed by atoms with Crippen LogP contribution >= 0.6 is 0 Å². The Bertz CT molecular complexity index is 1070. The molecule has 192 valence electrons. The van der Waals surface area contributed by atoms with Gasteiger partial charge in [-0.15, -0.1) is 0 Å². The maximum Gasteiger partial charge on any atom is 0.334 e. The highest BCUT2D eigenvalue weighted by molar-refractivity contribution is 5.89. The summed E-state index contributed by atoms with van der Waals surface area (Å²) in [6, 6.07) is 0. The molecule has 0 aromatic heterocycles. The zero-order chi connectivity index (χ0) is 25.6. The third-order valence-electron chi connectivity index (χ3n) is 10.6. The molecule has 0 saturated heterocycles. The first-order valence-electron chi connectivity index (χ1n) is 12.9. The van der Waals surface area contributed by atoms with Crippen molar-refractivity contribution in [2.45, 2.75) is 109 Å². The van der Waals surface area contributed by atoms with Crippen LogP contribution in [0.2, 0.25) is 0 Å². The lowest BCUT2D eigenvalue weighted by atomic mass is 9.48. The molecule has 7 nitrogen and oxygen atoms in total. The molecule has 2 aliphatic heterocycles. The summed E-state index contributed by atoms with van der Waals surface area (Å²) < 4.78 is 11.4. The van der Waals surface area contributed by atoms with Gasteiger partial charge in [0.05, 0.1) is 12.0 Å². The minimum Gasteiger partial charge on any atom is -0.457 e. The first-order chi connectivity index (χ1) is 16.3. The van der Waals surface area contributed by atoms with E-state index in [0.717, 1.165) is 23.1 Å². The highest BCUT2D eigenvalue weighted by Gasteiger charge is 2.75. The zero-order valence-corrected chi connectivity index (χ0v) is 21.4. The molecule has 8 unspecified atom stereocenters. The van der Waals surface area contributed by atoms with Gasteiger partial charge in [-0.25, -0.2) is 4.79 Å². The number of carbonyl (C=O) groups is 2. The largest absolute Gasteiger partial charge is 0.457 e. The Hall–Kier alpha value is -1.96. The van der Waals surface area contributed by atoms with Crippen molar-refractivity contribution < 1.29 is 34.4 Å². The van der Waals surface area contributed by atoms with Gasteiger partial charge in [-0.3, -0.25) is 4.79 Å². The van der Waals surface area contributed by atoms with Gasteiger partial charge in [-0.05, 0) is 77.2 Å². The predicted molar refractivity (Wildman–Crippen MR) is 128 cm³/mol. The van der Waals surface area contributed by atoms with Gasteiger partial charge in [0.2, 0.25) is 0 Å². The molecule has 3 aliphatic carbocycles. The van der Waals surface area contributed by atoms with Crippen LogP contribution in [0, 0.1) is 17.3 Å². The normalized spacial score (nSPS) is 45.1. The Balaban J connectivity index is 1.52. The van der Waals surface area contributed by atoms with Crippen LogP contribution in [0.15, 0.2) is 34.4 Å². The van der Waals surface area contributed by atoms with Gasteiger partial charge in [0.1, 0.15) is 23.4 Å². The minimum absolute atomic E-state index is 0.105. The molecule has 0 amide bonds. The van der Waals surface area contributed by atoms with E-state index in [9.17, 15) is 24.9 Å². The van der Waals surface area contributed by atoms with Gasteiger partial charge in [0.15, 0.2) is 0 Å². The van der Waals surface area contributed by atoms with Crippen LogP contribution in [-0.2, 0) is 19.1 Å². The first kappa shape index (κ1) is 24.7. The van der Waals surface area contributed by atoms with E-state index in [-0.39, 0.29) is 30.6 Å². The maximum absolute atomic E-state index is 12.4. The van der Waals surface area contributed by atoms with Crippen molar-refractivity contribution in [1.82, 2.24) is 0 Å². The fourth-order valence-corrected chi connectivity index (χ4v) is 8.08. The number of hydrogen-bond donors (Lipinski definition) is 3. The number of hydrogen-bond acceptors (Lipinski definition) is 7. The van der Waals surface area contributed by atoms with E-state index in [2.05, 4.69) is 6.92 Å². The smallest absolute Gasteiger partial charge is 0.334 e. The van der Waals surface area contributed by atoms with Gasteiger partial charge >= 0.3 is 11.9 Å². The highest BCUT2D eigenvalue weighted by atomic mass is 16.6. The summed E-state index contributed by atoms with van der Waals surface area (Å²) in [7, 11) is 0. The van der Waals surface area contributed by atoms with Crippen LogP contribution in [0.5, 0.6) is 0 Å². The van der Waals surface area contributed by atoms with E-state index < -0.39 is 40.4 Å². The quantitative estimate of drug-likeness (QED) is 0.514. The van der Waals surface area contributed by atoms with Crippen molar-refractivity contribution in [3.8, 4) is 0 Å². The van der Waals surface area contributed by atoms with Crippen LogP contribution in [-0.4, -0.2) is 56.3 Å². The lowest BCUT2D eigenvalue weighted by Gasteiger charge is -2.61. The SMILES string of the molecule is CC1=C(C)C(=O)OC(C(C)(O)C2(O)CCC3(O)C4CC5OC(=O)CC=CC5=C(C)C4CCC32C)C1. The van der Waals surface area contributed by atoms with Crippen LogP contribution in [0.3, 0.4) is 0 Å². The highest BCUT2D eigenvalue weighted by Crippen LogP contribution is 2.68. The summed E-state index contributed by atoms with van der Waals surface area (Å²) in [5.74, 6) is -0.874. The Kier molecular flexibility index (Phi) is 5.49. The van der Waals surface area contributed by atoms with Crippen LogP contribution < -0.4 is 0 Å². The van der Waals surface area contributed by atoms with E-state index in [1.165, 1.54) is 0 Å². The number of rotatable bonds is 2. The second kappa shape index (κ2) is 7.77. The standard InChI is InChI=1S/C28H38O7/c1-15-13-22(35-24(30)16(15)2)26(5,31)28(33)12-11-27(32)20-14-21-19(7-6-8-23(29)34-21)17(3)18(20)9-10-25(27,28)4/h6-7,18,20-22,31-33H,8-14H2,1-5H3. The summed E-state index contributed by atoms with van der Waals surface area (Å²) in [6.07, 6.45) is 5.32. The first-order valence-corrected chi connectivity index (χ1v) is 12.9. The van der Waals surface area contributed by atoms with E-state index in [4.69, 9.17) is 9.47 Å². The van der Waals surface area contributed by atoms with Crippen LogP contribution in [0.4, 0.5) is 0 Å². The molecule has 7 heteroatoms. The van der Waals surface area contributed by atoms with Crippen molar-refractivity contribution in [1.29, 1.82) is 0 Å². The molecule has 2 saturated carbocycles. The van der Waals surface area contributed by atoms with Crippen LogP contribution in [0.25, 0.3) is 0 Å². The molecule has 5 rings (SSSR count). The molecular weight excluding hydrogens is 448 g/mol. The lowest BCUT2D eigenvalue weighted by Crippen LogP contribution is -2.71. The Labute approximate surface area is 206 Å². The van der Waals surface area contributed by atoms with Crippen molar-refractivity contribution in [3.05, 3.63) is 34.4 Å². The number of allylic oxidation sites excluding steroid dienone is 1. The van der Waals surface area contributed by atoms with E-state index in [0.29, 0.717) is 31.3 Å². The summed E-state index contributed by atoms with van der Waals surface area (Å²) in [5, 5.41) is 36.6. The molecule has 8 atom stereocenters. The van der Waals surface area contributed by atoms with Gasteiger partial charge in [0, 0.05) is 17.4 Å². The molecule has 0 aromatic rings. The van der Waals surface area contributed by atoms with E-state index >= 15 is 0 Å². The molecule has 2 fully saturated rings. The molecule has 0 bridgehead atoms. The summed E-state index contributed by atoms with van der Waals surface area (Å²) in [4.78, 5) is 24.6. The lowest BCUT2D eigenvalue weighted by molar-refractivity contribution is -0.276. The van der Waals surface area contributed by atoms with Gasteiger partial charge < -0.3 is 24.8 Å². The van der Waals surface area contributed by atoms with Crippen LogP contribution in [0.1, 0.15) is 79.6 Å². The van der Waals surface area contributed by atoms with E-state index in [1.54, 1.807) is 13.8 Å². The molecule has 2 heterocycles. The predicted octanol–water partition coefficient (Wildman–Crippen LogP) is 3.27. The molecule has 0 aromatic carbocycles. The Morgan fingerprint density at radius 2 is 1.80 bits per heavy atom. The Morgan fingerprint density at radius 3 is 2.49 bits per heavy atom. The summed E-state index contributed by atoms with van der Waals surface area (Å²) in [5.41, 5.74) is -2.23. The molecule has 0 spiro atoms. The number of esters is 2. The number of carbonyl (C=O) groups excluding carboxylic acids is 2. The number of fused-ring (bicyclic) bond motifs is 4. The minimum atomic E-state index is -1.76. The fourth-order valence-electron chi connectivity index (χ4n) is 8.08. The second-order valence-corrected chi connectivity index (χ2v) is 12.0. The average molecular weight is 487 g/mol. The maximum atomic E-state index is 12.4. The third kappa shape index (κ3) is 3.13. The topological polar surface area (TPSA) is 113 Å². The average Bonchev–Trinajstić information content (AvgIpc) is 2.90. The van der Waals surface area contributed by atoms with E-state index in [1.807, 2.05) is 26.0 Å². The molecule has 5 aliphatic rings. The Morgan fingerprint density at radius 1 is 1.09 bits per heavy atom. The molecule has 0 radical (unpaired) electrons. The number of cyclic esters (lactones) is 1. The fraction of sp³-hybridized carbons (Fsp3) is 0.714. The second-order valence-electron chi connectivity index (χ2n) is 12.0. The number of ether oxygens (including phenoxy) is 2. The third-order valence-corrected chi connectivity index (χ3v) is 10.6. The summed E-state index contributed by atoms with van der Waals surface area (Å²) in [6.45, 7) is 9.03. The zero-order valence-electron chi connectivity index (χ0n) is 21.4. The van der Waals surface area contributed by atoms with Gasteiger partial charge in [-0.2, -0.15) is 0 Å². The van der Waals surface area contributed by atoms with Crippen molar-refractivity contribution in [3.63, 3.8) is 0 Å². The molecule has 35 heavy (non-hydrogen) atoms. The van der Waals surface area contributed by atoms with Crippen molar-refractivity contribution >= 4 is 11.9 Å². The number of aliphatic hydroxyl groups is 3. The van der Waals surface area contributed by atoms with Gasteiger partial charge in [-0.1, -0.05) is 30.2 Å². The van der Waals surface area contributed by atoms with Crippen molar-refractivity contribution in [2.75, 3.05) is 0 Å². The van der Waals surface area contributed by atoms with Gasteiger partial charge in [0.25, 0.3) is 0 Å².